The van der Waals surface area contributed by atoms with Crippen LogP contribution in [0.3, 0.4) is 0 Å². The van der Waals surface area contributed by atoms with Gasteiger partial charge in [-0.25, -0.2) is 0 Å². The Kier molecular flexibility index (Phi) is 3.12. The van der Waals surface area contributed by atoms with Gasteiger partial charge in [-0.2, -0.15) is 0 Å². The quantitative estimate of drug-likeness (QED) is 0.674. The zero-order valence-corrected chi connectivity index (χ0v) is 8.05. The van der Waals surface area contributed by atoms with E-state index in [9.17, 15) is 4.79 Å². The van der Waals surface area contributed by atoms with Crippen LogP contribution in [0.2, 0.25) is 0 Å². The van der Waals surface area contributed by atoms with Crippen molar-refractivity contribution in [3.8, 4) is 0 Å². The lowest BCUT2D eigenvalue weighted by Gasteiger charge is -2.29. The van der Waals surface area contributed by atoms with Crippen LogP contribution in [0.5, 0.6) is 0 Å². The van der Waals surface area contributed by atoms with Gasteiger partial charge in [-0.15, -0.1) is 0 Å². The van der Waals surface area contributed by atoms with Gasteiger partial charge < -0.3 is 5.73 Å². The van der Waals surface area contributed by atoms with Gasteiger partial charge in [0.05, 0.1) is 0 Å². The van der Waals surface area contributed by atoms with Crippen molar-refractivity contribution in [2.24, 2.45) is 23.5 Å². The summed E-state index contributed by atoms with van der Waals surface area (Å²) in [5.74, 6) is 1.65. The average Bonchev–Trinajstić information content (AvgIpc) is 2.04. The molecule has 0 heterocycles. The third-order valence-electron chi connectivity index (χ3n) is 3.12. The summed E-state index contributed by atoms with van der Waals surface area (Å²) in [6.07, 6.45) is 4.40. The van der Waals surface area contributed by atoms with Crippen molar-refractivity contribution in [1.29, 1.82) is 0 Å². The van der Waals surface area contributed by atoms with Crippen LogP contribution < -0.4 is 5.73 Å². The summed E-state index contributed by atoms with van der Waals surface area (Å²) in [4.78, 5) is 10.9. The summed E-state index contributed by atoms with van der Waals surface area (Å²) >= 11 is 0. The summed E-state index contributed by atoms with van der Waals surface area (Å²) < 4.78 is 0. The number of nitrogens with two attached hydrogens (primary N) is 1. The summed E-state index contributed by atoms with van der Waals surface area (Å²) in [6, 6.07) is 0. The van der Waals surface area contributed by atoms with E-state index < -0.39 is 0 Å². The summed E-state index contributed by atoms with van der Waals surface area (Å²) in [6.45, 7) is 4.52. The van der Waals surface area contributed by atoms with Gasteiger partial charge in [0.2, 0.25) is 5.91 Å². The third-order valence-corrected chi connectivity index (χ3v) is 3.12. The first-order valence-electron chi connectivity index (χ1n) is 4.90. The van der Waals surface area contributed by atoms with E-state index in [0.717, 1.165) is 24.7 Å². The number of amides is 1. The maximum absolute atomic E-state index is 10.9. The highest BCUT2D eigenvalue weighted by Gasteiger charge is 2.25. The molecule has 0 aromatic rings. The Morgan fingerprint density at radius 3 is 2.08 bits per heavy atom. The molecule has 0 bridgehead atoms. The predicted octanol–water partition coefficient (Wildman–Crippen LogP) is 1.93. The molecule has 2 heteroatoms. The molecular formula is C10H19NO. The molecule has 0 aromatic carbocycles. The highest BCUT2D eigenvalue weighted by Crippen LogP contribution is 2.32. The summed E-state index contributed by atoms with van der Waals surface area (Å²) in [5, 5.41) is 0. The van der Waals surface area contributed by atoms with E-state index in [0.29, 0.717) is 0 Å². The molecular weight excluding hydrogens is 150 g/mol. The van der Waals surface area contributed by atoms with Crippen LogP contribution in [-0.2, 0) is 4.79 Å². The van der Waals surface area contributed by atoms with Crippen molar-refractivity contribution in [2.45, 2.75) is 39.5 Å². The molecule has 0 saturated heterocycles. The van der Waals surface area contributed by atoms with Crippen LogP contribution in [-0.4, -0.2) is 5.91 Å². The molecule has 2 N–H and O–H groups in total. The Labute approximate surface area is 74.5 Å². The number of hydrogen-bond acceptors (Lipinski definition) is 1. The molecule has 1 rings (SSSR count). The Bertz CT molecular complexity index is 157. The second-order valence-electron chi connectivity index (χ2n) is 4.26. The second kappa shape index (κ2) is 3.92. The monoisotopic (exact) mass is 169 g/mol. The lowest BCUT2D eigenvalue weighted by atomic mass is 9.77. The van der Waals surface area contributed by atoms with E-state index in [2.05, 4.69) is 13.8 Å². The van der Waals surface area contributed by atoms with Crippen LogP contribution in [0.25, 0.3) is 0 Å². The predicted molar refractivity (Wildman–Crippen MR) is 49.5 cm³/mol. The van der Waals surface area contributed by atoms with Crippen molar-refractivity contribution >= 4 is 5.91 Å². The highest BCUT2D eigenvalue weighted by atomic mass is 16.1. The molecule has 0 aliphatic heterocycles. The maximum Gasteiger partial charge on any atom is 0.220 e. The molecule has 70 valence electrons. The maximum atomic E-state index is 10.9. The van der Waals surface area contributed by atoms with Gasteiger partial charge >= 0.3 is 0 Å². The minimum absolute atomic E-state index is 0.0998. The Morgan fingerprint density at radius 2 is 1.75 bits per heavy atom. The topological polar surface area (TPSA) is 43.1 Å². The second-order valence-corrected chi connectivity index (χ2v) is 4.26. The van der Waals surface area contributed by atoms with Gasteiger partial charge in [0.1, 0.15) is 0 Å². The fourth-order valence-corrected chi connectivity index (χ4v) is 2.07. The molecule has 0 spiro atoms. The normalized spacial score (nSPS) is 30.6. The summed E-state index contributed by atoms with van der Waals surface area (Å²) in [5.41, 5.74) is 5.25. The fraction of sp³-hybridized carbons (Fsp3) is 0.900. The van der Waals surface area contributed by atoms with Crippen molar-refractivity contribution in [1.82, 2.24) is 0 Å². The van der Waals surface area contributed by atoms with Gasteiger partial charge in [-0.05, 0) is 37.5 Å². The lowest BCUT2D eigenvalue weighted by molar-refractivity contribution is -0.123. The van der Waals surface area contributed by atoms with Gasteiger partial charge in [-0.3, -0.25) is 4.79 Å². The van der Waals surface area contributed by atoms with Gasteiger partial charge in [0.25, 0.3) is 0 Å². The first kappa shape index (κ1) is 9.56. The number of carbonyl (C=O) groups excluding carboxylic acids is 1. The van der Waals surface area contributed by atoms with Crippen molar-refractivity contribution in [3.05, 3.63) is 0 Å². The number of carbonyl (C=O) groups is 1. The van der Waals surface area contributed by atoms with Crippen LogP contribution in [0.15, 0.2) is 0 Å². The number of hydrogen-bond donors (Lipinski definition) is 1. The van der Waals surface area contributed by atoms with Crippen LogP contribution in [0, 0.1) is 17.8 Å². The molecule has 1 saturated carbocycles. The molecule has 0 unspecified atom stereocenters. The Morgan fingerprint density at radius 1 is 1.25 bits per heavy atom. The highest BCUT2D eigenvalue weighted by molar-refractivity contribution is 5.76. The average molecular weight is 169 g/mol. The van der Waals surface area contributed by atoms with Gasteiger partial charge in [0.15, 0.2) is 0 Å². The molecule has 1 amide bonds. The third kappa shape index (κ3) is 2.23. The standard InChI is InChI=1S/C10H19NO/c1-7(2)8-3-5-9(6-4-8)10(11)12/h7-9H,3-6H2,1-2H3,(H2,11,12)/t8-,9+. The fourth-order valence-electron chi connectivity index (χ4n) is 2.07. The number of primary amides is 1. The minimum Gasteiger partial charge on any atom is -0.369 e. The van der Waals surface area contributed by atoms with Crippen molar-refractivity contribution in [2.75, 3.05) is 0 Å². The molecule has 0 atom stereocenters. The lowest BCUT2D eigenvalue weighted by Crippen LogP contribution is -2.28. The smallest absolute Gasteiger partial charge is 0.220 e. The van der Waals surface area contributed by atoms with E-state index in [4.69, 9.17) is 5.73 Å². The SMILES string of the molecule is CC(C)[C@H]1CC[C@@H](C(N)=O)CC1. The minimum atomic E-state index is -0.0998. The zero-order valence-electron chi connectivity index (χ0n) is 8.05. The first-order valence-corrected chi connectivity index (χ1v) is 4.90. The molecule has 1 aliphatic carbocycles. The molecule has 0 radical (unpaired) electrons. The summed E-state index contributed by atoms with van der Waals surface area (Å²) in [7, 11) is 0. The molecule has 12 heavy (non-hydrogen) atoms. The van der Waals surface area contributed by atoms with E-state index in [1.807, 2.05) is 0 Å². The molecule has 1 aliphatic rings. The van der Waals surface area contributed by atoms with Gasteiger partial charge in [0, 0.05) is 5.92 Å². The van der Waals surface area contributed by atoms with E-state index in [1.54, 1.807) is 0 Å². The zero-order chi connectivity index (χ0) is 9.14. The molecule has 2 nitrogen and oxygen atoms in total. The van der Waals surface area contributed by atoms with E-state index >= 15 is 0 Å². The van der Waals surface area contributed by atoms with Gasteiger partial charge in [-0.1, -0.05) is 13.8 Å². The Hall–Kier alpha value is -0.530. The van der Waals surface area contributed by atoms with E-state index in [1.165, 1.54) is 12.8 Å². The Balaban J connectivity index is 2.34. The van der Waals surface area contributed by atoms with Crippen molar-refractivity contribution in [3.63, 3.8) is 0 Å². The van der Waals surface area contributed by atoms with Crippen LogP contribution in [0.4, 0.5) is 0 Å². The molecule has 0 aromatic heterocycles. The molecule has 1 fully saturated rings. The van der Waals surface area contributed by atoms with E-state index in [-0.39, 0.29) is 11.8 Å². The number of rotatable bonds is 2. The van der Waals surface area contributed by atoms with Crippen LogP contribution in [0.1, 0.15) is 39.5 Å². The van der Waals surface area contributed by atoms with Crippen molar-refractivity contribution < 1.29 is 4.79 Å². The van der Waals surface area contributed by atoms with Crippen LogP contribution >= 0.6 is 0 Å². The first-order chi connectivity index (χ1) is 5.61. The largest absolute Gasteiger partial charge is 0.369 e.